The lowest BCUT2D eigenvalue weighted by Crippen LogP contribution is -2.03. The monoisotopic (exact) mass is 488 g/mol. The Balaban J connectivity index is 1.42. The number of aliphatic hydroxyl groups excluding tert-OH is 1. The van der Waals surface area contributed by atoms with Crippen LogP contribution in [0.25, 0.3) is 38.7 Å². The summed E-state index contributed by atoms with van der Waals surface area (Å²) >= 11 is 0. The molecule has 0 radical (unpaired) electrons. The Morgan fingerprint density at radius 1 is 0.838 bits per heavy atom. The SMILES string of the molecule is COc1ccc2c3c(ccc2c1)OCOc1ccc2cc(/C=C/C(=O)c4ccc(CO)cc4)ccc2c1-3. The Bertz CT molecular complexity index is 1680. The average molecular weight is 489 g/mol. The Kier molecular flexibility index (Phi) is 5.83. The number of allylic oxidation sites excluding steroid dienone is 1. The minimum absolute atomic E-state index is 0.0449. The van der Waals surface area contributed by atoms with E-state index in [-0.39, 0.29) is 19.2 Å². The molecule has 1 N–H and O–H groups in total. The summed E-state index contributed by atoms with van der Waals surface area (Å²) in [6, 6.07) is 27.1. The predicted octanol–water partition coefficient (Wildman–Crippen LogP) is 6.79. The molecule has 0 spiro atoms. The zero-order chi connectivity index (χ0) is 25.4. The second-order valence-electron chi connectivity index (χ2n) is 8.90. The van der Waals surface area contributed by atoms with E-state index in [9.17, 15) is 9.90 Å². The van der Waals surface area contributed by atoms with Gasteiger partial charge in [0.2, 0.25) is 6.79 Å². The quantitative estimate of drug-likeness (QED) is 0.218. The Labute approximate surface area is 214 Å². The molecule has 0 aliphatic carbocycles. The maximum Gasteiger partial charge on any atom is 0.230 e. The van der Waals surface area contributed by atoms with Gasteiger partial charge in [-0.25, -0.2) is 0 Å². The van der Waals surface area contributed by atoms with Crippen molar-refractivity contribution in [2.24, 2.45) is 0 Å². The van der Waals surface area contributed by atoms with Gasteiger partial charge in [-0.05, 0) is 75.1 Å². The molecular weight excluding hydrogens is 464 g/mol. The lowest BCUT2D eigenvalue weighted by Gasteiger charge is -2.14. The number of hydrogen-bond acceptors (Lipinski definition) is 5. The van der Waals surface area contributed by atoms with E-state index in [0.717, 1.165) is 61.0 Å². The number of hydrogen-bond donors (Lipinski definition) is 1. The average Bonchev–Trinajstić information content (AvgIpc) is 3.15. The number of methoxy groups -OCH3 is 1. The molecule has 1 aliphatic heterocycles. The first-order valence-corrected chi connectivity index (χ1v) is 12.0. The molecule has 0 atom stereocenters. The van der Waals surface area contributed by atoms with E-state index in [0.29, 0.717) is 5.56 Å². The normalized spacial score (nSPS) is 12.5. The molecule has 0 saturated heterocycles. The van der Waals surface area contributed by atoms with Crippen molar-refractivity contribution >= 4 is 33.4 Å². The standard InChI is InChI=1S/C32H24O5/c1-35-25-10-12-27-24(17-25)9-15-30-32(27)31-26-11-4-20(16-23(26)8-14-29(31)36-19-37-30)5-13-28(34)22-6-2-21(18-33)3-7-22/h2-17,33H,18-19H2,1H3/b13-5+. The van der Waals surface area contributed by atoms with E-state index in [1.807, 2.05) is 48.5 Å². The minimum Gasteiger partial charge on any atom is -0.497 e. The molecule has 5 heteroatoms. The van der Waals surface area contributed by atoms with Crippen LogP contribution in [0.5, 0.6) is 17.2 Å². The summed E-state index contributed by atoms with van der Waals surface area (Å²) in [5.74, 6) is 2.24. The summed E-state index contributed by atoms with van der Waals surface area (Å²) in [5.41, 5.74) is 4.25. The van der Waals surface area contributed by atoms with Crippen LogP contribution in [0.15, 0.2) is 91.0 Å². The fourth-order valence-corrected chi connectivity index (χ4v) is 4.80. The van der Waals surface area contributed by atoms with Crippen LogP contribution in [0.1, 0.15) is 21.5 Å². The minimum atomic E-state index is -0.0899. The number of rotatable bonds is 5. The molecule has 0 bridgehead atoms. The van der Waals surface area contributed by atoms with Gasteiger partial charge in [0.25, 0.3) is 0 Å². The van der Waals surface area contributed by atoms with Gasteiger partial charge >= 0.3 is 0 Å². The van der Waals surface area contributed by atoms with E-state index >= 15 is 0 Å². The zero-order valence-corrected chi connectivity index (χ0v) is 20.2. The predicted molar refractivity (Wildman–Crippen MR) is 145 cm³/mol. The Morgan fingerprint density at radius 3 is 2.14 bits per heavy atom. The third-order valence-corrected chi connectivity index (χ3v) is 6.72. The first-order valence-electron chi connectivity index (χ1n) is 12.0. The fraction of sp³-hybridized carbons (Fsp3) is 0.0938. The molecule has 0 aromatic heterocycles. The molecule has 0 fully saturated rings. The van der Waals surface area contributed by atoms with Crippen molar-refractivity contribution in [3.8, 4) is 28.4 Å². The highest BCUT2D eigenvalue weighted by Crippen LogP contribution is 2.47. The lowest BCUT2D eigenvalue weighted by molar-refractivity contribution is 0.104. The first kappa shape index (κ1) is 22.8. The molecule has 5 nitrogen and oxygen atoms in total. The van der Waals surface area contributed by atoms with Gasteiger partial charge < -0.3 is 19.3 Å². The molecule has 0 unspecified atom stereocenters. The zero-order valence-electron chi connectivity index (χ0n) is 20.2. The van der Waals surface area contributed by atoms with Gasteiger partial charge in [-0.2, -0.15) is 0 Å². The second kappa shape index (κ2) is 9.45. The van der Waals surface area contributed by atoms with Gasteiger partial charge in [-0.15, -0.1) is 0 Å². The van der Waals surface area contributed by atoms with Crippen LogP contribution >= 0.6 is 0 Å². The largest absolute Gasteiger partial charge is 0.497 e. The van der Waals surface area contributed by atoms with Crippen LogP contribution in [-0.4, -0.2) is 24.8 Å². The van der Waals surface area contributed by atoms with Crippen molar-refractivity contribution < 1.29 is 24.1 Å². The summed E-state index contributed by atoms with van der Waals surface area (Å²) in [6.45, 7) is 0.0894. The molecule has 5 aromatic carbocycles. The number of ketones is 1. The molecule has 0 amide bonds. The smallest absolute Gasteiger partial charge is 0.230 e. The van der Waals surface area contributed by atoms with Gasteiger partial charge in [0, 0.05) is 16.7 Å². The Hall–Kier alpha value is -4.61. The molecule has 182 valence electrons. The van der Waals surface area contributed by atoms with Crippen LogP contribution < -0.4 is 14.2 Å². The number of carbonyl (C=O) groups excluding carboxylic acids is 1. The highest BCUT2D eigenvalue weighted by molar-refractivity contribution is 6.11. The number of fused-ring (bicyclic) bond motifs is 7. The lowest BCUT2D eigenvalue weighted by atomic mass is 9.91. The van der Waals surface area contributed by atoms with Crippen molar-refractivity contribution in [1.29, 1.82) is 0 Å². The molecule has 5 aromatic rings. The van der Waals surface area contributed by atoms with Gasteiger partial charge in [0.05, 0.1) is 13.7 Å². The Morgan fingerprint density at radius 2 is 1.49 bits per heavy atom. The van der Waals surface area contributed by atoms with Crippen molar-refractivity contribution in [1.82, 2.24) is 0 Å². The van der Waals surface area contributed by atoms with E-state index in [1.165, 1.54) is 0 Å². The number of benzene rings is 5. The van der Waals surface area contributed by atoms with E-state index < -0.39 is 0 Å². The molecule has 0 saturated carbocycles. The molecule has 6 rings (SSSR count). The fourth-order valence-electron chi connectivity index (χ4n) is 4.80. The van der Waals surface area contributed by atoms with Crippen LogP contribution in [0, 0.1) is 0 Å². The van der Waals surface area contributed by atoms with Crippen molar-refractivity contribution in [2.45, 2.75) is 6.61 Å². The van der Waals surface area contributed by atoms with Gasteiger partial charge in [-0.3, -0.25) is 4.79 Å². The van der Waals surface area contributed by atoms with Crippen LogP contribution in [-0.2, 0) is 6.61 Å². The summed E-state index contributed by atoms with van der Waals surface area (Å²) in [4.78, 5) is 12.6. The summed E-state index contributed by atoms with van der Waals surface area (Å²) < 4.78 is 17.4. The van der Waals surface area contributed by atoms with Crippen molar-refractivity contribution in [3.05, 3.63) is 108 Å². The van der Waals surface area contributed by atoms with E-state index in [4.69, 9.17) is 14.2 Å². The number of ether oxygens (including phenoxy) is 3. The maximum atomic E-state index is 12.6. The van der Waals surface area contributed by atoms with E-state index in [2.05, 4.69) is 18.2 Å². The number of carbonyl (C=O) groups is 1. The van der Waals surface area contributed by atoms with Crippen LogP contribution in [0.2, 0.25) is 0 Å². The molecule has 37 heavy (non-hydrogen) atoms. The summed E-state index contributed by atoms with van der Waals surface area (Å²) in [6.07, 6.45) is 3.40. The highest BCUT2D eigenvalue weighted by Gasteiger charge is 2.22. The number of aliphatic hydroxyl groups is 1. The molecular formula is C32H24O5. The third kappa shape index (κ3) is 4.20. The van der Waals surface area contributed by atoms with Gasteiger partial charge in [0.15, 0.2) is 5.78 Å². The summed E-state index contributed by atoms with van der Waals surface area (Å²) in [7, 11) is 1.66. The molecule has 1 heterocycles. The van der Waals surface area contributed by atoms with Gasteiger partial charge in [0.1, 0.15) is 17.2 Å². The first-order chi connectivity index (χ1) is 18.1. The van der Waals surface area contributed by atoms with Crippen LogP contribution in [0.3, 0.4) is 0 Å². The highest BCUT2D eigenvalue weighted by atomic mass is 16.7. The van der Waals surface area contributed by atoms with Gasteiger partial charge in [-0.1, -0.05) is 54.6 Å². The van der Waals surface area contributed by atoms with Crippen LogP contribution in [0.4, 0.5) is 0 Å². The topological polar surface area (TPSA) is 65.0 Å². The van der Waals surface area contributed by atoms with E-state index in [1.54, 1.807) is 37.5 Å². The second-order valence-corrected chi connectivity index (χ2v) is 8.90. The summed E-state index contributed by atoms with van der Waals surface area (Å²) in [5, 5.41) is 13.4. The molecule has 1 aliphatic rings. The van der Waals surface area contributed by atoms with Crippen molar-refractivity contribution in [2.75, 3.05) is 13.9 Å². The third-order valence-electron chi connectivity index (χ3n) is 6.72. The maximum absolute atomic E-state index is 12.6. The van der Waals surface area contributed by atoms with Crippen molar-refractivity contribution in [3.63, 3.8) is 0 Å².